The normalized spacial score (nSPS) is 27.1. The summed E-state index contributed by atoms with van der Waals surface area (Å²) in [5.41, 5.74) is -0.365. The van der Waals surface area contributed by atoms with Crippen LogP contribution in [0.15, 0.2) is 40.9 Å². The molecule has 2 heterocycles. The van der Waals surface area contributed by atoms with Crippen LogP contribution in [0.2, 0.25) is 0 Å². The Hall–Kier alpha value is -1.83. The van der Waals surface area contributed by atoms with Gasteiger partial charge in [-0.2, -0.15) is 13.2 Å². The molecule has 20 heavy (non-hydrogen) atoms. The molecule has 3 rings (SSSR count). The number of oxime groups is 1. The lowest BCUT2D eigenvalue weighted by molar-refractivity contribution is -0.137. The number of nitrogens with zero attached hydrogens (tertiary/aromatic N) is 1. The third kappa shape index (κ3) is 2.00. The fourth-order valence-electron chi connectivity index (χ4n) is 2.18. The molecule has 2 aliphatic heterocycles. The second kappa shape index (κ2) is 4.08. The largest absolute Gasteiger partial charge is 0.416 e. The Morgan fingerprint density at radius 2 is 1.80 bits per heavy atom. The van der Waals surface area contributed by atoms with Crippen LogP contribution in [0.1, 0.15) is 11.1 Å². The zero-order valence-electron chi connectivity index (χ0n) is 9.83. The van der Waals surface area contributed by atoms with Crippen LogP contribution in [-0.4, -0.2) is 25.5 Å². The summed E-state index contributed by atoms with van der Waals surface area (Å²) in [4.78, 5) is 4.98. The van der Waals surface area contributed by atoms with E-state index in [1.54, 1.807) is 0 Å². The first-order valence-corrected chi connectivity index (χ1v) is 7.23. The topological polar surface area (TPSA) is 55.7 Å². The van der Waals surface area contributed by atoms with Crippen LogP contribution < -0.4 is 0 Å². The van der Waals surface area contributed by atoms with Crippen molar-refractivity contribution in [2.24, 2.45) is 5.16 Å². The van der Waals surface area contributed by atoms with Crippen molar-refractivity contribution in [2.75, 3.05) is 0 Å². The van der Waals surface area contributed by atoms with Crippen LogP contribution in [-0.2, 0) is 20.9 Å². The predicted octanol–water partition coefficient (Wildman–Crippen LogP) is 2.12. The van der Waals surface area contributed by atoms with Crippen LogP contribution in [0.3, 0.4) is 0 Å². The van der Waals surface area contributed by atoms with Gasteiger partial charge >= 0.3 is 6.18 Å². The van der Waals surface area contributed by atoms with Crippen molar-refractivity contribution in [1.82, 2.24) is 0 Å². The molecule has 0 bridgehead atoms. The summed E-state index contributed by atoms with van der Waals surface area (Å²) in [6.45, 7) is 0. The Balaban J connectivity index is 1.95. The van der Waals surface area contributed by atoms with E-state index >= 15 is 0 Å². The number of sulfone groups is 1. The van der Waals surface area contributed by atoms with Gasteiger partial charge in [-0.05, 0) is 18.2 Å². The molecular formula is C12H8F3NO3S. The Bertz CT molecular complexity index is 704. The second-order valence-electron chi connectivity index (χ2n) is 4.46. The van der Waals surface area contributed by atoms with Gasteiger partial charge in [-0.15, -0.1) is 0 Å². The standard InChI is InChI=1S/C12H8F3NO3S/c13-12(14,15)8-3-1-7(2-4-8)10-11-9(19-16-10)5-6-20(11,17)18/h1-6,9,11H/t9-,11+/m1/s1. The average molecular weight is 303 g/mol. The van der Waals surface area contributed by atoms with E-state index < -0.39 is 32.9 Å². The summed E-state index contributed by atoms with van der Waals surface area (Å²) < 4.78 is 61.1. The quantitative estimate of drug-likeness (QED) is 0.798. The molecule has 1 aromatic rings. The fraction of sp³-hybridized carbons (Fsp3) is 0.250. The fourth-order valence-corrected chi connectivity index (χ4v) is 3.73. The summed E-state index contributed by atoms with van der Waals surface area (Å²) in [5.74, 6) is 0. The van der Waals surface area contributed by atoms with E-state index in [-0.39, 0.29) is 5.71 Å². The van der Waals surface area contributed by atoms with E-state index in [1.165, 1.54) is 18.2 Å². The van der Waals surface area contributed by atoms with E-state index in [1.807, 2.05) is 0 Å². The Labute approximate surface area is 112 Å². The molecule has 0 saturated heterocycles. The molecule has 0 radical (unpaired) electrons. The minimum Gasteiger partial charge on any atom is -0.386 e. The van der Waals surface area contributed by atoms with Gasteiger partial charge in [0.1, 0.15) is 5.71 Å². The van der Waals surface area contributed by atoms with E-state index in [0.717, 1.165) is 17.5 Å². The molecule has 106 valence electrons. The van der Waals surface area contributed by atoms with E-state index in [2.05, 4.69) is 5.16 Å². The highest BCUT2D eigenvalue weighted by molar-refractivity contribution is 7.96. The van der Waals surface area contributed by atoms with Gasteiger partial charge < -0.3 is 4.84 Å². The van der Waals surface area contributed by atoms with Crippen LogP contribution in [0, 0.1) is 0 Å². The molecule has 0 spiro atoms. The maximum atomic E-state index is 12.5. The zero-order valence-corrected chi connectivity index (χ0v) is 10.6. The zero-order chi connectivity index (χ0) is 14.5. The van der Waals surface area contributed by atoms with Crippen LogP contribution in [0.25, 0.3) is 0 Å². The first-order chi connectivity index (χ1) is 9.29. The van der Waals surface area contributed by atoms with Crippen LogP contribution in [0.5, 0.6) is 0 Å². The van der Waals surface area contributed by atoms with Gasteiger partial charge in [0.25, 0.3) is 0 Å². The van der Waals surface area contributed by atoms with Gasteiger partial charge in [0.15, 0.2) is 21.2 Å². The SMILES string of the molecule is O=S1(=O)C=C[C@H]2ON=C(c3ccc(C(F)(F)F)cc3)[C@H]21. The molecule has 0 aromatic heterocycles. The number of halogens is 3. The van der Waals surface area contributed by atoms with E-state index in [4.69, 9.17) is 4.84 Å². The van der Waals surface area contributed by atoms with Crippen LogP contribution >= 0.6 is 0 Å². The molecule has 4 nitrogen and oxygen atoms in total. The van der Waals surface area contributed by atoms with Gasteiger partial charge in [-0.3, -0.25) is 0 Å². The molecule has 8 heteroatoms. The number of rotatable bonds is 1. The van der Waals surface area contributed by atoms with Gasteiger partial charge in [-0.1, -0.05) is 17.3 Å². The summed E-state index contributed by atoms with van der Waals surface area (Å²) >= 11 is 0. The number of benzene rings is 1. The molecule has 0 amide bonds. The molecule has 2 atom stereocenters. The maximum absolute atomic E-state index is 12.5. The molecular weight excluding hydrogens is 295 g/mol. The molecule has 0 saturated carbocycles. The molecule has 2 aliphatic rings. The van der Waals surface area contributed by atoms with Gasteiger partial charge in [0, 0.05) is 11.0 Å². The number of hydrogen-bond acceptors (Lipinski definition) is 4. The lowest BCUT2D eigenvalue weighted by atomic mass is 10.0. The highest BCUT2D eigenvalue weighted by atomic mass is 32.2. The second-order valence-corrected chi connectivity index (χ2v) is 6.42. The van der Waals surface area contributed by atoms with Gasteiger partial charge in [0.2, 0.25) is 0 Å². The smallest absolute Gasteiger partial charge is 0.386 e. The Kier molecular flexibility index (Phi) is 2.69. The summed E-state index contributed by atoms with van der Waals surface area (Å²) in [6.07, 6.45) is -3.76. The minimum absolute atomic E-state index is 0.133. The van der Waals surface area contributed by atoms with Crippen molar-refractivity contribution in [3.8, 4) is 0 Å². The third-order valence-electron chi connectivity index (χ3n) is 3.16. The van der Waals surface area contributed by atoms with Crippen molar-refractivity contribution >= 4 is 15.5 Å². The number of alkyl halides is 3. The molecule has 1 aromatic carbocycles. The van der Waals surface area contributed by atoms with Gasteiger partial charge in [-0.25, -0.2) is 8.42 Å². The number of fused-ring (bicyclic) bond motifs is 1. The van der Waals surface area contributed by atoms with Crippen LogP contribution in [0.4, 0.5) is 13.2 Å². The summed E-state index contributed by atoms with van der Waals surface area (Å²) in [6, 6.07) is 4.17. The highest BCUT2D eigenvalue weighted by Gasteiger charge is 2.46. The van der Waals surface area contributed by atoms with Gasteiger partial charge in [0.05, 0.1) is 5.56 Å². The maximum Gasteiger partial charge on any atom is 0.416 e. The molecule has 0 unspecified atom stereocenters. The lowest BCUT2D eigenvalue weighted by Gasteiger charge is -2.10. The average Bonchev–Trinajstić information content (AvgIpc) is 2.91. The molecule has 0 fully saturated rings. The first-order valence-electron chi connectivity index (χ1n) is 5.62. The molecule has 0 aliphatic carbocycles. The molecule has 0 N–H and O–H groups in total. The monoisotopic (exact) mass is 303 g/mol. The van der Waals surface area contributed by atoms with Crippen molar-refractivity contribution < 1.29 is 26.4 Å². The van der Waals surface area contributed by atoms with E-state index in [9.17, 15) is 21.6 Å². The number of hydrogen-bond donors (Lipinski definition) is 0. The third-order valence-corrected chi connectivity index (χ3v) is 4.90. The lowest BCUT2D eigenvalue weighted by Crippen LogP contribution is -2.31. The van der Waals surface area contributed by atoms with Crippen molar-refractivity contribution in [2.45, 2.75) is 17.5 Å². The summed E-state index contributed by atoms with van der Waals surface area (Å²) in [5, 5.41) is 3.75. The highest BCUT2D eigenvalue weighted by Crippen LogP contribution is 2.32. The predicted molar refractivity (Wildman–Crippen MR) is 64.7 cm³/mol. The van der Waals surface area contributed by atoms with Crippen molar-refractivity contribution in [3.05, 3.63) is 46.9 Å². The first kappa shape index (κ1) is 13.2. The van der Waals surface area contributed by atoms with Crippen molar-refractivity contribution in [3.63, 3.8) is 0 Å². The van der Waals surface area contributed by atoms with E-state index in [0.29, 0.717) is 5.56 Å². The Morgan fingerprint density at radius 3 is 2.40 bits per heavy atom. The summed E-state index contributed by atoms with van der Waals surface area (Å²) in [7, 11) is -3.52. The Morgan fingerprint density at radius 1 is 1.15 bits per heavy atom. The minimum atomic E-state index is -4.43. The van der Waals surface area contributed by atoms with Crippen molar-refractivity contribution in [1.29, 1.82) is 0 Å².